The zero-order valence-corrected chi connectivity index (χ0v) is 13.0. The molecule has 0 aliphatic heterocycles. The van der Waals surface area contributed by atoms with Crippen LogP contribution in [0.5, 0.6) is 17.2 Å². The van der Waals surface area contributed by atoms with Gasteiger partial charge in [0.05, 0.1) is 11.6 Å². The van der Waals surface area contributed by atoms with Gasteiger partial charge in [-0.05, 0) is 55.0 Å². The fraction of sp³-hybridized carbons (Fsp3) is 0.250. The normalized spacial score (nSPS) is 10.5. The van der Waals surface area contributed by atoms with Crippen molar-refractivity contribution in [1.29, 1.82) is 0 Å². The van der Waals surface area contributed by atoms with Crippen molar-refractivity contribution in [1.82, 2.24) is 0 Å². The van der Waals surface area contributed by atoms with Crippen LogP contribution >= 0.6 is 23.4 Å². The second-order valence-electron chi connectivity index (χ2n) is 4.51. The molecule has 0 bridgehead atoms. The van der Waals surface area contributed by atoms with Crippen LogP contribution in [0.15, 0.2) is 47.4 Å². The summed E-state index contributed by atoms with van der Waals surface area (Å²) in [5, 5.41) is 18.8. The Balaban J connectivity index is 1.61. The molecule has 0 spiro atoms. The predicted octanol–water partition coefficient (Wildman–Crippen LogP) is 4.70. The van der Waals surface area contributed by atoms with Crippen molar-refractivity contribution in [2.75, 3.05) is 12.4 Å². The van der Waals surface area contributed by atoms with E-state index in [0.717, 1.165) is 23.5 Å². The van der Waals surface area contributed by atoms with E-state index in [0.29, 0.717) is 23.1 Å². The molecule has 0 radical (unpaired) electrons. The Labute approximate surface area is 133 Å². The predicted molar refractivity (Wildman–Crippen MR) is 86.7 cm³/mol. The van der Waals surface area contributed by atoms with Crippen LogP contribution in [-0.4, -0.2) is 22.6 Å². The van der Waals surface area contributed by atoms with Crippen LogP contribution in [0.4, 0.5) is 0 Å². The quantitative estimate of drug-likeness (QED) is 0.572. The number of aromatic hydroxyl groups is 2. The first-order valence-corrected chi connectivity index (χ1v) is 8.04. The molecule has 2 rings (SSSR count). The molecule has 0 atom stereocenters. The Bertz CT molecular complexity index is 572. The van der Waals surface area contributed by atoms with E-state index in [2.05, 4.69) is 0 Å². The van der Waals surface area contributed by atoms with Crippen LogP contribution in [-0.2, 0) is 0 Å². The Morgan fingerprint density at radius 1 is 1.00 bits per heavy atom. The zero-order chi connectivity index (χ0) is 15.1. The third-order valence-corrected chi connectivity index (χ3v) is 4.23. The number of hydrogen-bond donors (Lipinski definition) is 2. The first kappa shape index (κ1) is 15.9. The lowest BCUT2D eigenvalue weighted by molar-refractivity contribution is 0.309. The van der Waals surface area contributed by atoms with Crippen molar-refractivity contribution in [2.24, 2.45) is 0 Å². The standard InChI is InChI=1S/C16H17ClO3S/c17-15-11-13(5-8-16(15)19)20-9-1-2-10-21-14-6-3-12(18)4-7-14/h3-8,11,18-19H,1-2,9-10H2. The molecule has 0 aliphatic rings. The van der Waals surface area contributed by atoms with Gasteiger partial charge in [0, 0.05) is 11.0 Å². The summed E-state index contributed by atoms with van der Waals surface area (Å²) in [6.07, 6.45) is 1.99. The molecule has 0 heterocycles. The minimum atomic E-state index is 0.0642. The fourth-order valence-corrected chi connectivity index (χ4v) is 2.79. The highest BCUT2D eigenvalue weighted by molar-refractivity contribution is 7.99. The summed E-state index contributed by atoms with van der Waals surface area (Å²) >= 11 is 7.56. The van der Waals surface area contributed by atoms with Gasteiger partial charge in [-0.2, -0.15) is 0 Å². The molecule has 0 unspecified atom stereocenters. The first-order chi connectivity index (χ1) is 10.1. The van der Waals surface area contributed by atoms with Crippen LogP contribution < -0.4 is 4.74 Å². The largest absolute Gasteiger partial charge is 0.508 e. The fourth-order valence-electron chi connectivity index (χ4n) is 1.70. The van der Waals surface area contributed by atoms with Crippen LogP contribution in [0, 0.1) is 0 Å². The van der Waals surface area contributed by atoms with Crippen LogP contribution in [0.3, 0.4) is 0 Å². The van der Waals surface area contributed by atoms with E-state index in [4.69, 9.17) is 16.3 Å². The Morgan fingerprint density at radius 3 is 2.48 bits per heavy atom. The molecule has 0 aromatic heterocycles. The maximum atomic E-state index is 9.30. The molecule has 2 N–H and O–H groups in total. The Hall–Kier alpha value is -1.52. The van der Waals surface area contributed by atoms with E-state index < -0.39 is 0 Å². The maximum Gasteiger partial charge on any atom is 0.134 e. The van der Waals surface area contributed by atoms with Gasteiger partial charge < -0.3 is 14.9 Å². The van der Waals surface area contributed by atoms with E-state index in [1.54, 1.807) is 36.0 Å². The van der Waals surface area contributed by atoms with Crippen LogP contribution in [0.25, 0.3) is 0 Å². The summed E-state index contributed by atoms with van der Waals surface area (Å²) < 4.78 is 5.57. The van der Waals surface area contributed by atoms with Gasteiger partial charge in [-0.1, -0.05) is 11.6 Å². The lowest BCUT2D eigenvalue weighted by Crippen LogP contribution is -1.97. The summed E-state index contributed by atoms with van der Waals surface area (Å²) in [7, 11) is 0. The monoisotopic (exact) mass is 324 g/mol. The minimum absolute atomic E-state index is 0.0642. The van der Waals surface area contributed by atoms with E-state index in [1.807, 2.05) is 12.1 Å². The third kappa shape index (κ3) is 5.40. The number of hydrogen-bond acceptors (Lipinski definition) is 4. The van der Waals surface area contributed by atoms with Crippen molar-refractivity contribution in [3.05, 3.63) is 47.5 Å². The summed E-state index contributed by atoms with van der Waals surface area (Å²) in [4.78, 5) is 1.15. The molecule has 2 aromatic carbocycles. The number of benzene rings is 2. The lowest BCUT2D eigenvalue weighted by Gasteiger charge is -2.07. The second-order valence-corrected chi connectivity index (χ2v) is 6.09. The van der Waals surface area contributed by atoms with Gasteiger partial charge in [-0.15, -0.1) is 11.8 Å². The molecule has 5 heteroatoms. The highest BCUT2D eigenvalue weighted by atomic mass is 35.5. The molecule has 112 valence electrons. The molecule has 0 amide bonds. The van der Waals surface area contributed by atoms with E-state index >= 15 is 0 Å². The van der Waals surface area contributed by atoms with Crippen molar-refractivity contribution in [3.63, 3.8) is 0 Å². The van der Waals surface area contributed by atoms with Gasteiger partial charge in [0.2, 0.25) is 0 Å². The highest BCUT2D eigenvalue weighted by Crippen LogP contribution is 2.27. The van der Waals surface area contributed by atoms with Gasteiger partial charge in [0.15, 0.2) is 0 Å². The molecule has 0 fully saturated rings. The SMILES string of the molecule is Oc1ccc(SCCCCOc2ccc(O)c(Cl)c2)cc1. The molecular weight excluding hydrogens is 308 g/mol. The number of halogens is 1. The van der Waals surface area contributed by atoms with Crippen LogP contribution in [0.2, 0.25) is 5.02 Å². The zero-order valence-electron chi connectivity index (χ0n) is 11.5. The van der Waals surface area contributed by atoms with Crippen molar-refractivity contribution in [2.45, 2.75) is 17.7 Å². The molecule has 0 saturated heterocycles. The number of phenolic OH excluding ortho intramolecular Hbond substituents is 2. The topological polar surface area (TPSA) is 49.7 Å². The summed E-state index contributed by atoms with van der Waals surface area (Å²) in [5.74, 6) is 2.03. The molecule has 2 aromatic rings. The smallest absolute Gasteiger partial charge is 0.134 e. The van der Waals surface area contributed by atoms with Crippen molar-refractivity contribution < 1.29 is 14.9 Å². The first-order valence-electron chi connectivity index (χ1n) is 6.68. The van der Waals surface area contributed by atoms with Crippen LogP contribution in [0.1, 0.15) is 12.8 Å². The molecule has 21 heavy (non-hydrogen) atoms. The number of ether oxygens (including phenoxy) is 1. The lowest BCUT2D eigenvalue weighted by atomic mass is 10.3. The van der Waals surface area contributed by atoms with Gasteiger partial charge in [-0.3, -0.25) is 0 Å². The summed E-state index contributed by atoms with van der Waals surface area (Å²) in [6.45, 7) is 0.622. The summed E-state index contributed by atoms with van der Waals surface area (Å²) in [5.41, 5.74) is 0. The minimum Gasteiger partial charge on any atom is -0.508 e. The van der Waals surface area contributed by atoms with Crippen molar-refractivity contribution >= 4 is 23.4 Å². The number of thioether (sulfide) groups is 1. The Kier molecular flexibility index (Phi) is 6.08. The maximum absolute atomic E-state index is 9.30. The highest BCUT2D eigenvalue weighted by Gasteiger charge is 2.01. The number of rotatable bonds is 7. The van der Waals surface area contributed by atoms with E-state index in [-0.39, 0.29) is 5.75 Å². The van der Waals surface area contributed by atoms with Crippen molar-refractivity contribution in [3.8, 4) is 17.2 Å². The molecule has 0 aliphatic carbocycles. The summed E-state index contributed by atoms with van der Waals surface area (Å²) in [6, 6.07) is 12.1. The average molecular weight is 325 g/mol. The second kappa shape index (κ2) is 8.05. The number of unbranched alkanes of at least 4 members (excludes halogenated alkanes) is 1. The molecular formula is C16H17ClO3S. The van der Waals surface area contributed by atoms with E-state index in [1.165, 1.54) is 6.07 Å². The van der Waals surface area contributed by atoms with Gasteiger partial charge in [-0.25, -0.2) is 0 Å². The van der Waals surface area contributed by atoms with Gasteiger partial charge >= 0.3 is 0 Å². The molecule has 3 nitrogen and oxygen atoms in total. The molecule has 0 saturated carbocycles. The average Bonchev–Trinajstić information content (AvgIpc) is 2.48. The van der Waals surface area contributed by atoms with E-state index in [9.17, 15) is 10.2 Å². The number of phenols is 2. The van der Waals surface area contributed by atoms with Gasteiger partial charge in [0.25, 0.3) is 0 Å². The van der Waals surface area contributed by atoms with Gasteiger partial charge in [0.1, 0.15) is 17.2 Å². The third-order valence-electron chi connectivity index (χ3n) is 2.83. The Morgan fingerprint density at radius 2 is 1.76 bits per heavy atom.